The minimum Gasteiger partial charge on any atom is -0.318 e. The summed E-state index contributed by atoms with van der Waals surface area (Å²) in [6.07, 6.45) is 0.903. The van der Waals surface area contributed by atoms with Gasteiger partial charge in [0.2, 0.25) is 5.91 Å². The molecular formula is C14H22N2OS2. The monoisotopic (exact) mass is 298 g/mol. The molecule has 0 bridgehead atoms. The molecule has 0 spiro atoms. The number of hydrogen-bond donors (Lipinski definition) is 1. The second kappa shape index (κ2) is 6.77. The minimum atomic E-state index is -0.0287. The third-order valence-corrected chi connectivity index (χ3v) is 5.32. The van der Waals surface area contributed by atoms with Crippen LogP contribution in [0.5, 0.6) is 0 Å². The number of nitrogens with zero attached hydrogens (tertiary/aromatic N) is 1. The molecule has 3 nitrogen and oxygen atoms in total. The van der Waals surface area contributed by atoms with E-state index in [1.165, 1.54) is 5.56 Å². The predicted octanol–water partition coefficient (Wildman–Crippen LogP) is 3.10. The predicted molar refractivity (Wildman–Crippen MR) is 83.6 cm³/mol. The molecule has 1 aromatic rings. The molecule has 106 valence electrons. The Hall–Kier alpha value is -0.520. The Bertz CT molecular complexity index is 408. The molecule has 0 saturated carbocycles. The van der Waals surface area contributed by atoms with Gasteiger partial charge in [-0.3, -0.25) is 10.1 Å². The summed E-state index contributed by atoms with van der Waals surface area (Å²) in [5.41, 5.74) is 1.21. The number of nitrogens with one attached hydrogen (secondary N) is 1. The topological polar surface area (TPSA) is 32.3 Å². The number of thiophene rings is 1. The van der Waals surface area contributed by atoms with E-state index in [1.807, 2.05) is 16.7 Å². The number of carbonyl (C=O) groups is 1. The van der Waals surface area contributed by atoms with Crippen molar-refractivity contribution in [3.05, 3.63) is 22.4 Å². The molecule has 1 N–H and O–H groups in total. The fourth-order valence-corrected chi connectivity index (χ4v) is 3.89. The van der Waals surface area contributed by atoms with Gasteiger partial charge in [0, 0.05) is 11.8 Å². The van der Waals surface area contributed by atoms with E-state index in [0.29, 0.717) is 0 Å². The third kappa shape index (κ3) is 3.15. The molecule has 0 aromatic carbocycles. The van der Waals surface area contributed by atoms with E-state index in [2.05, 4.69) is 42.9 Å². The Kier molecular flexibility index (Phi) is 5.30. The molecule has 1 saturated heterocycles. The molecule has 1 amide bonds. The molecule has 19 heavy (non-hydrogen) atoms. The molecule has 1 aromatic heterocycles. The molecule has 1 aliphatic rings. The van der Waals surface area contributed by atoms with Gasteiger partial charge in [0.15, 0.2) is 0 Å². The van der Waals surface area contributed by atoms with Crippen LogP contribution in [0.2, 0.25) is 0 Å². The van der Waals surface area contributed by atoms with E-state index in [0.717, 1.165) is 17.9 Å². The van der Waals surface area contributed by atoms with Crippen molar-refractivity contribution in [2.75, 3.05) is 11.5 Å². The van der Waals surface area contributed by atoms with Crippen molar-refractivity contribution in [1.82, 2.24) is 10.2 Å². The zero-order valence-electron chi connectivity index (χ0n) is 11.8. The zero-order chi connectivity index (χ0) is 13.8. The van der Waals surface area contributed by atoms with Gasteiger partial charge in [-0.25, -0.2) is 0 Å². The number of rotatable bonds is 6. The van der Waals surface area contributed by atoms with Crippen molar-refractivity contribution in [3.8, 4) is 0 Å². The van der Waals surface area contributed by atoms with Crippen LogP contribution in [0.3, 0.4) is 0 Å². The van der Waals surface area contributed by atoms with Crippen LogP contribution in [-0.4, -0.2) is 34.4 Å². The Morgan fingerprint density at radius 3 is 2.89 bits per heavy atom. The van der Waals surface area contributed by atoms with Gasteiger partial charge in [-0.05, 0) is 41.5 Å². The summed E-state index contributed by atoms with van der Waals surface area (Å²) in [7, 11) is 0. The first kappa shape index (κ1) is 14.9. The number of hydrogen-bond acceptors (Lipinski definition) is 4. The van der Waals surface area contributed by atoms with Gasteiger partial charge >= 0.3 is 0 Å². The van der Waals surface area contributed by atoms with Crippen LogP contribution < -0.4 is 5.32 Å². The van der Waals surface area contributed by atoms with Crippen LogP contribution in [0.25, 0.3) is 0 Å². The molecule has 0 aliphatic carbocycles. The number of carbonyl (C=O) groups excluding carboxylic acids is 1. The van der Waals surface area contributed by atoms with Crippen LogP contribution in [0, 0.1) is 0 Å². The molecule has 5 heteroatoms. The highest BCUT2D eigenvalue weighted by Crippen LogP contribution is 2.30. The second-order valence-corrected chi connectivity index (χ2v) is 6.94. The Balaban J connectivity index is 2.17. The van der Waals surface area contributed by atoms with Gasteiger partial charge in [0.1, 0.15) is 6.17 Å². The maximum Gasteiger partial charge on any atom is 0.241 e. The molecule has 0 radical (unpaired) electrons. The van der Waals surface area contributed by atoms with Gasteiger partial charge in [0.05, 0.1) is 6.04 Å². The van der Waals surface area contributed by atoms with Crippen LogP contribution >= 0.6 is 23.1 Å². The summed E-state index contributed by atoms with van der Waals surface area (Å²) in [5.74, 6) is 2.35. The highest BCUT2D eigenvalue weighted by atomic mass is 32.2. The van der Waals surface area contributed by atoms with Gasteiger partial charge in [-0.1, -0.05) is 13.8 Å². The van der Waals surface area contributed by atoms with Crippen molar-refractivity contribution >= 4 is 29.0 Å². The quantitative estimate of drug-likeness (QED) is 0.876. The largest absolute Gasteiger partial charge is 0.318 e. The van der Waals surface area contributed by atoms with Crippen molar-refractivity contribution in [1.29, 1.82) is 0 Å². The third-order valence-electron chi connectivity index (χ3n) is 3.50. The molecule has 2 rings (SSSR count). The van der Waals surface area contributed by atoms with E-state index in [-0.39, 0.29) is 24.2 Å². The summed E-state index contributed by atoms with van der Waals surface area (Å²) in [5, 5.41) is 7.68. The molecular weight excluding hydrogens is 276 g/mol. The lowest BCUT2D eigenvalue weighted by molar-refractivity contribution is -0.131. The lowest BCUT2D eigenvalue weighted by Crippen LogP contribution is -2.39. The summed E-state index contributed by atoms with van der Waals surface area (Å²) in [4.78, 5) is 14.5. The van der Waals surface area contributed by atoms with Gasteiger partial charge < -0.3 is 4.90 Å². The van der Waals surface area contributed by atoms with Crippen LogP contribution in [0.15, 0.2) is 16.8 Å². The summed E-state index contributed by atoms with van der Waals surface area (Å²) < 4.78 is 0. The number of thioether (sulfide) groups is 1. The highest BCUT2D eigenvalue weighted by Gasteiger charge is 2.40. The standard InChI is InChI=1S/C14H22N2OS2/c1-4-12-14(17)16(10(3)8-18-5-2)13(15-12)11-6-7-19-9-11/h6-7,9-10,12-13,15H,4-5,8H2,1-3H3. The van der Waals surface area contributed by atoms with Crippen molar-refractivity contribution in [2.24, 2.45) is 0 Å². The first-order chi connectivity index (χ1) is 9.19. The van der Waals surface area contributed by atoms with E-state index in [9.17, 15) is 4.79 Å². The second-order valence-electron chi connectivity index (χ2n) is 4.84. The summed E-state index contributed by atoms with van der Waals surface area (Å²) in [6, 6.07) is 2.35. The van der Waals surface area contributed by atoms with E-state index in [4.69, 9.17) is 0 Å². The minimum absolute atomic E-state index is 0.0287. The van der Waals surface area contributed by atoms with Crippen LogP contribution in [-0.2, 0) is 4.79 Å². The van der Waals surface area contributed by atoms with Crippen LogP contribution in [0.4, 0.5) is 0 Å². The molecule has 1 fully saturated rings. The Morgan fingerprint density at radius 2 is 2.32 bits per heavy atom. The first-order valence-corrected chi connectivity index (χ1v) is 8.96. The van der Waals surface area contributed by atoms with Crippen molar-refractivity contribution in [3.63, 3.8) is 0 Å². The lowest BCUT2D eigenvalue weighted by Gasteiger charge is -2.30. The average Bonchev–Trinajstić information content (AvgIpc) is 3.03. The Labute approximate surface area is 123 Å². The average molecular weight is 298 g/mol. The van der Waals surface area contributed by atoms with Gasteiger partial charge in [-0.2, -0.15) is 23.1 Å². The maximum atomic E-state index is 12.5. The van der Waals surface area contributed by atoms with Gasteiger partial charge in [0.25, 0.3) is 0 Å². The molecule has 1 aliphatic heterocycles. The molecule has 2 heterocycles. The van der Waals surface area contributed by atoms with Crippen molar-refractivity contribution < 1.29 is 4.79 Å². The van der Waals surface area contributed by atoms with Crippen molar-refractivity contribution in [2.45, 2.75) is 45.4 Å². The van der Waals surface area contributed by atoms with E-state index >= 15 is 0 Å². The Morgan fingerprint density at radius 1 is 1.53 bits per heavy atom. The highest BCUT2D eigenvalue weighted by molar-refractivity contribution is 7.99. The van der Waals surface area contributed by atoms with E-state index in [1.54, 1.807) is 11.3 Å². The molecule has 3 unspecified atom stereocenters. The summed E-state index contributed by atoms with van der Waals surface area (Å²) in [6.45, 7) is 6.38. The van der Waals surface area contributed by atoms with E-state index < -0.39 is 0 Å². The van der Waals surface area contributed by atoms with Crippen LogP contribution in [0.1, 0.15) is 38.9 Å². The number of amides is 1. The lowest BCUT2D eigenvalue weighted by atomic mass is 10.2. The smallest absolute Gasteiger partial charge is 0.241 e. The SMILES string of the molecule is CCSCC(C)N1C(=O)C(CC)NC1c1ccsc1. The molecule has 3 atom stereocenters. The first-order valence-electron chi connectivity index (χ1n) is 6.87. The van der Waals surface area contributed by atoms with Gasteiger partial charge in [-0.15, -0.1) is 0 Å². The zero-order valence-corrected chi connectivity index (χ0v) is 13.4. The fourth-order valence-electron chi connectivity index (χ4n) is 2.47. The fraction of sp³-hybridized carbons (Fsp3) is 0.643. The summed E-state index contributed by atoms with van der Waals surface area (Å²) >= 11 is 3.58. The maximum absolute atomic E-state index is 12.5. The normalized spacial score (nSPS) is 25.0.